The summed E-state index contributed by atoms with van der Waals surface area (Å²) in [6.07, 6.45) is 0.834. The van der Waals surface area contributed by atoms with Crippen molar-refractivity contribution < 1.29 is 9.53 Å². The van der Waals surface area contributed by atoms with E-state index in [-0.39, 0.29) is 18.1 Å². The highest BCUT2D eigenvalue weighted by molar-refractivity contribution is 5.93. The zero-order valence-electron chi connectivity index (χ0n) is 11.6. The second-order valence-electron chi connectivity index (χ2n) is 4.26. The van der Waals surface area contributed by atoms with Crippen LogP contribution in [0.1, 0.15) is 38.7 Å². The Morgan fingerprint density at radius 1 is 1.32 bits per heavy atom. The van der Waals surface area contributed by atoms with Gasteiger partial charge in [-0.3, -0.25) is 0 Å². The standard InChI is InChI=1S/C16H19NO2/c1-4-14(13-9-7-6-8-10-13)12(3)15(11-17)16(18)19-5-2/h6-10,14H,4-5H2,1-3H3. The molecule has 0 amide bonds. The summed E-state index contributed by atoms with van der Waals surface area (Å²) in [6.45, 7) is 5.88. The summed E-state index contributed by atoms with van der Waals surface area (Å²) in [7, 11) is 0. The molecule has 0 aliphatic carbocycles. The van der Waals surface area contributed by atoms with Gasteiger partial charge in [-0.15, -0.1) is 0 Å². The lowest BCUT2D eigenvalue weighted by Gasteiger charge is -2.17. The van der Waals surface area contributed by atoms with Crippen molar-refractivity contribution in [3.05, 3.63) is 47.0 Å². The molecule has 1 rings (SSSR count). The van der Waals surface area contributed by atoms with Gasteiger partial charge in [0.2, 0.25) is 0 Å². The lowest BCUT2D eigenvalue weighted by atomic mass is 9.87. The van der Waals surface area contributed by atoms with E-state index >= 15 is 0 Å². The third-order valence-electron chi connectivity index (χ3n) is 3.12. The third-order valence-corrected chi connectivity index (χ3v) is 3.12. The smallest absolute Gasteiger partial charge is 0.348 e. The lowest BCUT2D eigenvalue weighted by Crippen LogP contribution is -2.11. The molecule has 1 aromatic rings. The molecule has 1 atom stereocenters. The van der Waals surface area contributed by atoms with E-state index in [4.69, 9.17) is 4.74 Å². The number of esters is 1. The number of hydrogen-bond acceptors (Lipinski definition) is 3. The van der Waals surface area contributed by atoms with Crippen molar-refractivity contribution >= 4 is 5.97 Å². The molecule has 0 saturated carbocycles. The zero-order valence-corrected chi connectivity index (χ0v) is 11.6. The van der Waals surface area contributed by atoms with Gasteiger partial charge >= 0.3 is 5.97 Å². The van der Waals surface area contributed by atoms with Crippen molar-refractivity contribution in [2.24, 2.45) is 0 Å². The Bertz CT molecular complexity index is 497. The molecule has 0 radical (unpaired) electrons. The quantitative estimate of drug-likeness (QED) is 0.460. The Balaban J connectivity index is 3.16. The monoisotopic (exact) mass is 257 g/mol. The Hall–Kier alpha value is -2.08. The molecule has 0 fully saturated rings. The van der Waals surface area contributed by atoms with Crippen molar-refractivity contribution in [3.63, 3.8) is 0 Å². The number of benzene rings is 1. The fourth-order valence-electron chi connectivity index (χ4n) is 2.15. The zero-order chi connectivity index (χ0) is 14.3. The fraction of sp³-hybridized carbons (Fsp3) is 0.375. The van der Waals surface area contributed by atoms with Crippen molar-refractivity contribution in [1.29, 1.82) is 5.26 Å². The summed E-state index contributed by atoms with van der Waals surface area (Å²) >= 11 is 0. The molecule has 0 heterocycles. The molecule has 0 N–H and O–H groups in total. The van der Waals surface area contributed by atoms with Gasteiger partial charge in [0.25, 0.3) is 0 Å². The number of ether oxygens (including phenoxy) is 1. The lowest BCUT2D eigenvalue weighted by molar-refractivity contribution is -0.138. The van der Waals surface area contributed by atoms with Gasteiger partial charge in [0, 0.05) is 5.92 Å². The molecule has 3 nitrogen and oxygen atoms in total. The molecule has 0 spiro atoms. The van der Waals surface area contributed by atoms with Gasteiger partial charge in [0.05, 0.1) is 6.61 Å². The molecular formula is C16H19NO2. The van der Waals surface area contributed by atoms with Gasteiger partial charge in [0.1, 0.15) is 11.6 Å². The van der Waals surface area contributed by atoms with Crippen LogP contribution in [0.5, 0.6) is 0 Å². The van der Waals surface area contributed by atoms with Gasteiger partial charge in [-0.05, 0) is 31.4 Å². The largest absolute Gasteiger partial charge is 0.462 e. The molecule has 0 aliphatic heterocycles. The van der Waals surface area contributed by atoms with Gasteiger partial charge in [-0.2, -0.15) is 5.26 Å². The molecule has 0 aromatic heterocycles. The van der Waals surface area contributed by atoms with E-state index in [0.29, 0.717) is 0 Å². The first-order valence-electron chi connectivity index (χ1n) is 6.48. The predicted octanol–water partition coefficient (Wildman–Crippen LogP) is 3.58. The van der Waals surface area contributed by atoms with Crippen LogP contribution in [-0.4, -0.2) is 12.6 Å². The van der Waals surface area contributed by atoms with Crippen molar-refractivity contribution in [2.45, 2.75) is 33.1 Å². The Labute approximate surface area is 114 Å². The first-order chi connectivity index (χ1) is 9.15. The summed E-state index contributed by atoms with van der Waals surface area (Å²) in [4.78, 5) is 11.8. The minimum atomic E-state index is -0.531. The summed E-state index contributed by atoms with van der Waals surface area (Å²) in [5, 5.41) is 9.18. The number of nitriles is 1. The summed E-state index contributed by atoms with van der Waals surface area (Å²) < 4.78 is 4.93. The first kappa shape index (κ1) is 15.0. The van der Waals surface area contributed by atoms with Crippen LogP contribution in [0.2, 0.25) is 0 Å². The number of carbonyl (C=O) groups is 1. The first-order valence-corrected chi connectivity index (χ1v) is 6.48. The number of allylic oxidation sites excluding steroid dienone is 1. The van der Waals surface area contributed by atoms with Gasteiger partial charge in [-0.25, -0.2) is 4.79 Å². The average Bonchev–Trinajstić information content (AvgIpc) is 2.42. The van der Waals surface area contributed by atoms with Crippen LogP contribution in [0.4, 0.5) is 0 Å². The summed E-state index contributed by atoms with van der Waals surface area (Å²) in [5.74, 6) is -0.461. The molecule has 1 aromatic carbocycles. The molecule has 3 heteroatoms. The predicted molar refractivity (Wildman–Crippen MR) is 74.4 cm³/mol. The third kappa shape index (κ3) is 3.69. The highest BCUT2D eigenvalue weighted by Gasteiger charge is 2.20. The molecule has 100 valence electrons. The maximum Gasteiger partial charge on any atom is 0.348 e. The molecular weight excluding hydrogens is 238 g/mol. The maximum atomic E-state index is 11.8. The van der Waals surface area contributed by atoms with E-state index in [1.165, 1.54) is 0 Å². The van der Waals surface area contributed by atoms with E-state index in [9.17, 15) is 10.1 Å². The maximum absolute atomic E-state index is 11.8. The van der Waals surface area contributed by atoms with E-state index in [1.54, 1.807) is 6.92 Å². The summed E-state index contributed by atoms with van der Waals surface area (Å²) in [5.41, 5.74) is 2.01. The highest BCUT2D eigenvalue weighted by Crippen LogP contribution is 2.29. The number of rotatable bonds is 5. The fourth-order valence-corrected chi connectivity index (χ4v) is 2.15. The molecule has 0 bridgehead atoms. The minimum absolute atomic E-state index is 0.0697. The molecule has 0 saturated heterocycles. The topological polar surface area (TPSA) is 50.1 Å². The van der Waals surface area contributed by atoms with Crippen molar-refractivity contribution in [3.8, 4) is 6.07 Å². The van der Waals surface area contributed by atoms with Crippen LogP contribution in [0.3, 0.4) is 0 Å². The van der Waals surface area contributed by atoms with E-state index in [2.05, 4.69) is 0 Å². The highest BCUT2D eigenvalue weighted by atomic mass is 16.5. The van der Waals surface area contributed by atoms with Gasteiger partial charge in [0.15, 0.2) is 0 Å². The van der Waals surface area contributed by atoms with Crippen LogP contribution in [0, 0.1) is 11.3 Å². The van der Waals surface area contributed by atoms with Crippen molar-refractivity contribution in [1.82, 2.24) is 0 Å². The van der Waals surface area contributed by atoms with Crippen LogP contribution in [0.25, 0.3) is 0 Å². The second-order valence-corrected chi connectivity index (χ2v) is 4.26. The summed E-state index contributed by atoms with van der Waals surface area (Å²) in [6, 6.07) is 11.9. The van der Waals surface area contributed by atoms with Crippen molar-refractivity contribution in [2.75, 3.05) is 6.61 Å². The molecule has 19 heavy (non-hydrogen) atoms. The van der Waals surface area contributed by atoms with Gasteiger partial charge < -0.3 is 4.74 Å². The normalized spacial score (nSPS) is 13.2. The number of hydrogen-bond donors (Lipinski definition) is 0. The SMILES string of the molecule is CCOC(=O)C(C#N)=C(C)C(CC)c1ccccc1. The average molecular weight is 257 g/mol. The molecule has 1 unspecified atom stereocenters. The number of carbonyl (C=O) groups excluding carboxylic acids is 1. The van der Waals surface area contributed by atoms with E-state index in [1.807, 2.05) is 50.2 Å². The van der Waals surface area contributed by atoms with E-state index in [0.717, 1.165) is 17.6 Å². The minimum Gasteiger partial charge on any atom is -0.462 e. The second kappa shape index (κ2) is 7.38. The van der Waals surface area contributed by atoms with Crippen LogP contribution in [-0.2, 0) is 9.53 Å². The Kier molecular flexibility index (Phi) is 5.81. The van der Waals surface area contributed by atoms with Crippen LogP contribution < -0.4 is 0 Å². The Morgan fingerprint density at radius 2 is 1.95 bits per heavy atom. The molecule has 0 aliphatic rings. The Morgan fingerprint density at radius 3 is 2.42 bits per heavy atom. The van der Waals surface area contributed by atoms with Gasteiger partial charge in [-0.1, -0.05) is 37.3 Å². The van der Waals surface area contributed by atoms with E-state index < -0.39 is 5.97 Å². The van der Waals surface area contributed by atoms with Crippen LogP contribution >= 0.6 is 0 Å². The number of nitrogens with zero attached hydrogens (tertiary/aromatic N) is 1. The van der Waals surface area contributed by atoms with Crippen LogP contribution in [0.15, 0.2) is 41.5 Å².